The van der Waals surface area contributed by atoms with Crippen molar-refractivity contribution in [2.75, 3.05) is 19.6 Å². The molecule has 0 aliphatic carbocycles. The van der Waals surface area contributed by atoms with Crippen molar-refractivity contribution in [3.8, 4) is 0 Å². The summed E-state index contributed by atoms with van der Waals surface area (Å²) in [4.78, 5) is 2.83. The molecule has 0 saturated heterocycles. The van der Waals surface area contributed by atoms with Gasteiger partial charge in [-0.1, -0.05) is 188 Å². The Morgan fingerprint density at radius 2 is 0.389 bits per heavy atom. The largest absolute Gasteiger partial charge is 0.303 e. The molecule has 0 aliphatic rings. The van der Waals surface area contributed by atoms with Crippen molar-refractivity contribution < 1.29 is 0 Å². The molecule has 0 bridgehead atoms. The lowest BCUT2D eigenvalue weighted by molar-refractivity contribution is 0.254. The van der Waals surface area contributed by atoms with Gasteiger partial charge in [-0.15, -0.1) is 0 Å². The van der Waals surface area contributed by atoms with Crippen LogP contribution in [0.15, 0.2) is 0 Å². The number of unbranched alkanes of at least 4 members (excludes halogenated alkanes) is 26. The number of nitrogens with zero attached hydrogens (tertiary/aromatic N) is 1. The van der Waals surface area contributed by atoms with E-state index >= 15 is 0 Å². The van der Waals surface area contributed by atoms with Crippen LogP contribution in [0, 0.1) is 0 Å². The minimum Gasteiger partial charge on any atom is -0.303 e. The summed E-state index contributed by atoms with van der Waals surface area (Å²) in [5, 5.41) is 0. The Labute approximate surface area is 231 Å². The first-order chi connectivity index (χ1) is 17.8. The Morgan fingerprint density at radius 1 is 0.222 bits per heavy atom. The highest BCUT2D eigenvalue weighted by Crippen LogP contribution is 2.14. The van der Waals surface area contributed by atoms with Gasteiger partial charge in [0.25, 0.3) is 0 Å². The van der Waals surface area contributed by atoms with Crippen LogP contribution in [0.5, 0.6) is 0 Å². The minimum absolute atomic E-state index is 1.36. The van der Waals surface area contributed by atoms with Crippen molar-refractivity contribution in [1.29, 1.82) is 0 Å². The van der Waals surface area contributed by atoms with Gasteiger partial charge >= 0.3 is 0 Å². The van der Waals surface area contributed by atoms with Gasteiger partial charge in [0.1, 0.15) is 0 Å². The topological polar surface area (TPSA) is 3.24 Å². The van der Waals surface area contributed by atoms with Gasteiger partial charge in [-0.05, 0) is 38.9 Å². The monoisotopic (exact) mass is 508 g/mol. The zero-order valence-electron chi connectivity index (χ0n) is 26.1. The maximum atomic E-state index is 2.83. The molecule has 0 radical (unpaired) electrons. The lowest BCUT2D eigenvalue weighted by Gasteiger charge is -2.22. The van der Waals surface area contributed by atoms with Gasteiger partial charge in [-0.25, -0.2) is 0 Å². The highest BCUT2D eigenvalue weighted by Gasteiger charge is 2.05. The van der Waals surface area contributed by atoms with Gasteiger partial charge in [0, 0.05) is 0 Å². The SMILES string of the molecule is CCCCCCCCCCCCCCN(CCCCCCC)CCCCCCCCCCCCCC. The van der Waals surface area contributed by atoms with Crippen LogP contribution in [0.3, 0.4) is 0 Å². The Hall–Kier alpha value is -0.0400. The van der Waals surface area contributed by atoms with Gasteiger partial charge in [-0.2, -0.15) is 0 Å². The fourth-order valence-corrected chi connectivity index (χ4v) is 5.63. The molecule has 0 aromatic rings. The van der Waals surface area contributed by atoms with E-state index in [0.29, 0.717) is 0 Å². The quantitative estimate of drug-likeness (QED) is 0.0818. The molecule has 0 aromatic carbocycles. The van der Waals surface area contributed by atoms with Crippen molar-refractivity contribution >= 4 is 0 Å². The van der Waals surface area contributed by atoms with E-state index in [0.717, 1.165) is 0 Å². The molecule has 0 amide bonds. The summed E-state index contributed by atoms with van der Waals surface area (Å²) in [6.45, 7) is 11.0. The third kappa shape index (κ3) is 30.2. The second-order valence-corrected chi connectivity index (χ2v) is 12.0. The Bertz CT molecular complexity index is 338. The number of hydrogen-bond donors (Lipinski definition) is 0. The Morgan fingerprint density at radius 3 is 0.583 bits per heavy atom. The molecule has 0 saturated carbocycles. The van der Waals surface area contributed by atoms with Crippen molar-refractivity contribution in [2.24, 2.45) is 0 Å². The van der Waals surface area contributed by atoms with Crippen LogP contribution in [-0.2, 0) is 0 Å². The van der Waals surface area contributed by atoms with E-state index in [1.54, 1.807) is 0 Å². The van der Waals surface area contributed by atoms with Crippen LogP contribution < -0.4 is 0 Å². The van der Waals surface area contributed by atoms with E-state index in [4.69, 9.17) is 0 Å². The molecule has 1 heteroatoms. The van der Waals surface area contributed by atoms with Crippen LogP contribution in [0.1, 0.15) is 207 Å². The first-order valence-electron chi connectivity index (χ1n) is 17.6. The van der Waals surface area contributed by atoms with Crippen LogP contribution in [0.4, 0.5) is 0 Å². The Kier molecular flexibility index (Phi) is 33.0. The zero-order chi connectivity index (χ0) is 26.2. The van der Waals surface area contributed by atoms with E-state index in [1.807, 2.05) is 0 Å². The fourth-order valence-electron chi connectivity index (χ4n) is 5.63. The highest BCUT2D eigenvalue weighted by molar-refractivity contribution is 4.61. The molecular formula is C35H73N. The first-order valence-corrected chi connectivity index (χ1v) is 17.6. The lowest BCUT2D eigenvalue weighted by Crippen LogP contribution is -2.27. The second kappa shape index (κ2) is 33.0. The zero-order valence-corrected chi connectivity index (χ0v) is 26.1. The van der Waals surface area contributed by atoms with Crippen LogP contribution in [-0.4, -0.2) is 24.5 Å². The maximum absolute atomic E-state index is 2.83. The fraction of sp³-hybridized carbons (Fsp3) is 1.00. The molecule has 1 nitrogen and oxygen atoms in total. The normalized spacial score (nSPS) is 11.7. The average Bonchev–Trinajstić information content (AvgIpc) is 2.89. The van der Waals surface area contributed by atoms with Crippen LogP contribution in [0.25, 0.3) is 0 Å². The van der Waals surface area contributed by atoms with E-state index < -0.39 is 0 Å². The van der Waals surface area contributed by atoms with Crippen molar-refractivity contribution in [2.45, 2.75) is 207 Å². The summed E-state index contributed by atoms with van der Waals surface area (Å²) in [7, 11) is 0. The van der Waals surface area contributed by atoms with Crippen molar-refractivity contribution in [3.05, 3.63) is 0 Å². The predicted octanol–water partition coefficient (Wildman–Crippen LogP) is 12.7. The molecule has 218 valence electrons. The van der Waals surface area contributed by atoms with E-state index in [9.17, 15) is 0 Å². The highest BCUT2D eigenvalue weighted by atomic mass is 15.1. The lowest BCUT2D eigenvalue weighted by atomic mass is 10.0. The molecule has 0 N–H and O–H groups in total. The van der Waals surface area contributed by atoms with Crippen molar-refractivity contribution in [3.63, 3.8) is 0 Å². The summed E-state index contributed by atoms with van der Waals surface area (Å²) in [6.07, 6.45) is 42.1. The molecule has 0 fully saturated rings. The second-order valence-electron chi connectivity index (χ2n) is 12.0. The maximum Gasteiger partial charge on any atom is -0.00187 e. The van der Waals surface area contributed by atoms with E-state index in [2.05, 4.69) is 25.7 Å². The first kappa shape index (κ1) is 36.0. The number of rotatable bonds is 32. The molecule has 0 spiro atoms. The summed E-state index contributed by atoms with van der Waals surface area (Å²) in [6, 6.07) is 0. The molecule has 0 atom stereocenters. The van der Waals surface area contributed by atoms with Crippen LogP contribution >= 0.6 is 0 Å². The predicted molar refractivity (Wildman–Crippen MR) is 167 cm³/mol. The van der Waals surface area contributed by atoms with Gasteiger partial charge < -0.3 is 4.90 Å². The molecule has 0 unspecified atom stereocenters. The minimum atomic E-state index is 1.36. The summed E-state index contributed by atoms with van der Waals surface area (Å²) in [5.74, 6) is 0. The molecular weight excluding hydrogens is 434 g/mol. The van der Waals surface area contributed by atoms with Gasteiger partial charge in [0.15, 0.2) is 0 Å². The molecule has 0 aromatic heterocycles. The average molecular weight is 508 g/mol. The van der Waals surface area contributed by atoms with Gasteiger partial charge in [-0.3, -0.25) is 0 Å². The summed E-state index contributed by atoms with van der Waals surface area (Å²) in [5.41, 5.74) is 0. The third-order valence-electron chi connectivity index (χ3n) is 8.23. The molecule has 0 aliphatic heterocycles. The van der Waals surface area contributed by atoms with Gasteiger partial charge in [0.2, 0.25) is 0 Å². The third-order valence-corrected chi connectivity index (χ3v) is 8.23. The Balaban J connectivity index is 3.72. The smallest absolute Gasteiger partial charge is 0.00187 e. The van der Waals surface area contributed by atoms with Gasteiger partial charge in [0.05, 0.1) is 0 Å². The molecule has 0 heterocycles. The van der Waals surface area contributed by atoms with Crippen molar-refractivity contribution in [1.82, 2.24) is 4.90 Å². The summed E-state index contributed by atoms with van der Waals surface area (Å²) < 4.78 is 0. The van der Waals surface area contributed by atoms with Crippen LogP contribution in [0.2, 0.25) is 0 Å². The molecule has 0 rings (SSSR count). The standard InChI is InChI=1S/C35H73N/c1-4-7-10-13-15-17-19-21-23-25-28-31-34-36(33-30-27-12-9-6-3)35-32-29-26-24-22-20-18-16-14-11-8-5-2/h4-35H2,1-3H3. The van der Waals surface area contributed by atoms with E-state index in [-0.39, 0.29) is 0 Å². The van der Waals surface area contributed by atoms with E-state index in [1.165, 1.54) is 206 Å². The summed E-state index contributed by atoms with van der Waals surface area (Å²) >= 11 is 0. The molecule has 36 heavy (non-hydrogen) atoms. The number of hydrogen-bond acceptors (Lipinski definition) is 1.